The smallest absolute Gasteiger partial charge is 0.204 e. The first kappa shape index (κ1) is 24.7. The number of methoxy groups -OCH3 is 1. The highest BCUT2D eigenvalue weighted by Crippen LogP contribution is 2.40. The van der Waals surface area contributed by atoms with E-state index in [9.17, 15) is 13.5 Å². The number of phenolic OH excluding ortho intramolecular Hbond substituents is 1. The van der Waals surface area contributed by atoms with Gasteiger partial charge < -0.3 is 9.84 Å². The molecule has 168 valence electrons. The summed E-state index contributed by atoms with van der Waals surface area (Å²) in [5.74, 6) is 0.706. The van der Waals surface area contributed by atoms with Gasteiger partial charge in [0, 0.05) is 11.1 Å². The second kappa shape index (κ2) is 8.87. The molecule has 0 saturated carbocycles. The van der Waals surface area contributed by atoms with Crippen LogP contribution in [0, 0.1) is 0 Å². The minimum atomic E-state index is -3.82. The van der Waals surface area contributed by atoms with Crippen molar-refractivity contribution in [1.29, 1.82) is 0 Å². The molecule has 0 aromatic heterocycles. The molecule has 0 bridgehead atoms. The van der Waals surface area contributed by atoms with Crippen LogP contribution in [-0.4, -0.2) is 33.9 Å². The molecule has 0 aliphatic heterocycles. The van der Waals surface area contributed by atoms with E-state index in [1.807, 2.05) is 53.7 Å². The van der Waals surface area contributed by atoms with Crippen LogP contribution in [0.25, 0.3) is 6.08 Å². The number of hydrogen-bond acceptors (Lipinski definition) is 5. The first-order chi connectivity index (χ1) is 14.2. The summed E-state index contributed by atoms with van der Waals surface area (Å²) >= 11 is 0. The van der Waals surface area contributed by atoms with E-state index in [-0.39, 0.29) is 32.9 Å². The average Bonchev–Trinajstić information content (AvgIpc) is 2.67. The van der Waals surface area contributed by atoms with Crippen LogP contribution < -0.4 is 4.74 Å². The Kier molecular flexibility index (Phi) is 7.06. The maximum Gasteiger partial charge on any atom is 0.204 e. The summed E-state index contributed by atoms with van der Waals surface area (Å²) in [6, 6.07) is 10.0. The van der Waals surface area contributed by atoms with Crippen molar-refractivity contribution in [3.8, 4) is 11.5 Å². The number of aromatic hydroxyl groups is 1. The first-order valence-corrected chi connectivity index (χ1v) is 11.6. The molecule has 0 aliphatic carbocycles. The van der Waals surface area contributed by atoms with E-state index in [2.05, 4.69) is 11.7 Å². The molecule has 0 radical (unpaired) electrons. The maximum atomic E-state index is 13.4. The number of nitrogens with zero attached hydrogens (tertiary/aromatic N) is 1. The van der Waals surface area contributed by atoms with Crippen molar-refractivity contribution >= 4 is 22.6 Å². The molecule has 0 atom stereocenters. The topological polar surface area (TPSA) is 76.0 Å². The third kappa shape index (κ3) is 5.56. The molecule has 2 aromatic carbocycles. The summed E-state index contributed by atoms with van der Waals surface area (Å²) in [4.78, 5) is 4.11. The monoisotopic (exact) mass is 443 g/mol. The Morgan fingerprint density at radius 2 is 1.61 bits per heavy atom. The molecule has 2 rings (SSSR count). The zero-order chi connectivity index (χ0) is 23.6. The van der Waals surface area contributed by atoms with E-state index in [1.165, 1.54) is 19.2 Å². The first-order valence-electron chi connectivity index (χ1n) is 10.1. The van der Waals surface area contributed by atoms with Crippen LogP contribution in [-0.2, 0) is 20.7 Å². The van der Waals surface area contributed by atoms with Crippen LogP contribution in [0.3, 0.4) is 0 Å². The molecular weight excluding hydrogens is 410 g/mol. The van der Waals surface area contributed by atoms with E-state index >= 15 is 0 Å². The zero-order valence-electron chi connectivity index (χ0n) is 19.5. The third-order valence-corrected chi connectivity index (χ3v) is 6.85. The van der Waals surface area contributed by atoms with Gasteiger partial charge >= 0.3 is 0 Å². The standard InChI is InChI=1S/C25H33NO4S/c1-24(2,3)21-13-17(14-22(23(21)27)25(4,5)6)12-20(16-26-7)31(28,29)19-11-9-10-18(15-19)30-8/h9-15,27H,7,16H2,1-6,8H3/b20-12+. The Bertz CT molecular complexity index is 1070. The van der Waals surface area contributed by atoms with Crippen LogP contribution >= 0.6 is 0 Å². The second-order valence-corrected chi connectivity index (χ2v) is 11.6. The lowest BCUT2D eigenvalue weighted by Crippen LogP contribution is -2.17. The van der Waals surface area contributed by atoms with Crippen LogP contribution in [0.1, 0.15) is 58.2 Å². The van der Waals surface area contributed by atoms with Crippen LogP contribution in [0.15, 0.2) is 51.2 Å². The normalized spacial score (nSPS) is 13.2. The van der Waals surface area contributed by atoms with E-state index in [0.717, 1.165) is 11.1 Å². The summed E-state index contributed by atoms with van der Waals surface area (Å²) in [5, 5.41) is 10.9. The van der Waals surface area contributed by atoms with Crippen molar-refractivity contribution < 1.29 is 18.3 Å². The quantitative estimate of drug-likeness (QED) is 0.597. The lowest BCUT2D eigenvalue weighted by Gasteiger charge is -2.28. The Morgan fingerprint density at radius 3 is 2.06 bits per heavy atom. The fraction of sp³-hybridized carbons (Fsp3) is 0.400. The van der Waals surface area contributed by atoms with Gasteiger partial charge in [-0.2, -0.15) is 0 Å². The fourth-order valence-corrected chi connectivity index (χ4v) is 4.69. The van der Waals surface area contributed by atoms with Gasteiger partial charge in [0.25, 0.3) is 0 Å². The van der Waals surface area contributed by atoms with E-state index in [4.69, 9.17) is 4.74 Å². The van der Waals surface area contributed by atoms with Gasteiger partial charge in [0.15, 0.2) is 0 Å². The Hall–Kier alpha value is -2.60. The number of sulfone groups is 1. The maximum absolute atomic E-state index is 13.4. The van der Waals surface area contributed by atoms with Crippen molar-refractivity contribution in [2.45, 2.75) is 57.3 Å². The molecule has 0 spiro atoms. The Morgan fingerprint density at radius 1 is 1.06 bits per heavy atom. The largest absolute Gasteiger partial charge is 0.507 e. The summed E-state index contributed by atoms with van der Waals surface area (Å²) in [6.45, 7) is 15.5. The average molecular weight is 444 g/mol. The Labute approximate surface area is 186 Å². The molecule has 0 unspecified atom stereocenters. The predicted molar refractivity (Wildman–Crippen MR) is 128 cm³/mol. The summed E-state index contributed by atoms with van der Waals surface area (Å²) < 4.78 is 31.9. The highest BCUT2D eigenvalue weighted by atomic mass is 32.2. The molecule has 0 saturated heterocycles. The van der Waals surface area contributed by atoms with Crippen molar-refractivity contribution in [1.82, 2.24) is 0 Å². The molecule has 2 aromatic rings. The number of phenols is 1. The molecule has 0 fully saturated rings. The predicted octanol–water partition coefficient (Wildman–Crippen LogP) is 5.51. The molecule has 0 amide bonds. The summed E-state index contributed by atoms with van der Waals surface area (Å²) in [6.07, 6.45) is 1.62. The van der Waals surface area contributed by atoms with E-state index in [1.54, 1.807) is 18.2 Å². The second-order valence-electron chi connectivity index (χ2n) is 9.64. The van der Waals surface area contributed by atoms with Gasteiger partial charge in [0.1, 0.15) is 11.5 Å². The Balaban J connectivity index is 2.76. The van der Waals surface area contributed by atoms with Crippen LogP contribution in [0.2, 0.25) is 0 Å². The summed E-state index contributed by atoms with van der Waals surface area (Å²) in [7, 11) is -2.32. The summed E-state index contributed by atoms with van der Waals surface area (Å²) in [5.41, 5.74) is 1.57. The van der Waals surface area contributed by atoms with Gasteiger partial charge in [-0.05, 0) is 59.5 Å². The number of ether oxygens (including phenoxy) is 1. The van der Waals surface area contributed by atoms with Crippen LogP contribution in [0.4, 0.5) is 0 Å². The van der Waals surface area contributed by atoms with Crippen molar-refractivity contribution in [3.63, 3.8) is 0 Å². The molecule has 0 aliphatic rings. The minimum Gasteiger partial charge on any atom is -0.507 e. The number of benzene rings is 2. The van der Waals surface area contributed by atoms with Gasteiger partial charge in [-0.3, -0.25) is 4.99 Å². The van der Waals surface area contributed by atoms with E-state index in [0.29, 0.717) is 11.3 Å². The zero-order valence-corrected chi connectivity index (χ0v) is 20.3. The molecular formula is C25H33NO4S. The lowest BCUT2D eigenvalue weighted by molar-refractivity contribution is 0.413. The lowest BCUT2D eigenvalue weighted by atomic mass is 9.78. The van der Waals surface area contributed by atoms with Gasteiger partial charge in [0.05, 0.1) is 23.5 Å². The van der Waals surface area contributed by atoms with Crippen molar-refractivity contribution in [3.05, 3.63) is 58.0 Å². The minimum absolute atomic E-state index is 0.0594. The van der Waals surface area contributed by atoms with Gasteiger partial charge in [-0.25, -0.2) is 8.42 Å². The van der Waals surface area contributed by atoms with Crippen molar-refractivity contribution in [2.75, 3.05) is 13.7 Å². The number of hydrogen-bond donors (Lipinski definition) is 1. The van der Waals surface area contributed by atoms with Crippen molar-refractivity contribution in [2.24, 2.45) is 4.99 Å². The molecule has 0 heterocycles. The highest BCUT2D eigenvalue weighted by Gasteiger charge is 2.27. The highest BCUT2D eigenvalue weighted by molar-refractivity contribution is 7.95. The van der Waals surface area contributed by atoms with Gasteiger partial charge in [-0.15, -0.1) is 0 Å². The molecule has 1 N–H and O–H groups in total. The number of rotatable bonds is 6. The third-order valence-electron chi connectivity index (χ3n) is 5.04. The SMILES string of the molecule is C=NC/C(=C\c1cc(C(C)(C)C)c(O)c(C(C)(C)C)c1)S(=O)(=O)c1cccc(OC)c1. The fourth-order valence-electron chi connectivity index (χ4n) is 3.31. The molecule has 5 nitrogen and oxygen atoms in total. The molecule has 6 heteroatoms. The molecule has 31 heavy (non-hydrogen) atoms. The van der Waals surface area contributed by atoms with Gasteiger partial charge in [-0.1, -0.05) is 47.6 Å². The van der Waals surface area contributed by atoms with Crippen LogP contribution in [0.5, 0.6) is 11.5 Å². The van der Waals surface area contributed by atoms with Gasteiger partial charge in [0.2, 0.25) is 9.84 Å². The van der Waals surface area contributed by atoms with E-state index < -0.39 is 9.84 Å². The number of aliphatic imine (C=N–C) groups is 1.